The Bertz CT molecular complexity index is 571. The van der Waals surface area contributed by atoms with Crippen molar-refractivity contribution < 1.29 is 18.9 Å². The molecule has 0 saturated carbocycles. The topological polar surface area (TPSA) is 83.5 Å². The van der Waals surface area contributed by atoms with E-state index in [4.69, 9.17) is 16.7 Å². The molecule has 0 aliphatic carbocycles. The summed E-state index contributed by atoms with van der Waals surface area (Å²) in [5.74, 6) is -1.000. The molecule has 0 spiro atoms. The third-order valence-corrected chi connectivity index (χ3v) is 3.45. The van der Waals surface area contributed by atoms with Gasteiger partial charge in [-0.05, 0) is 23.8 Å². The van der Waals surface area contributed by atoms with Gasteiger partial charge in [0, 0.05) is 46.0 Å². The highest BCUT2D eigenvalue weighted by Crippen LogP contribution is 2.19. The molecule has 0 aliphatic heterocycles. The molecule has 0 bridgehead atoms. The number of rotatable bonds is 6. The van der Waals surface area contributed by atoms with Crippen LogP contribution in [0.25, 0.3) is 6.08 Å². The Hall–Kier alpha value is -1.66. The number of aliphatic carboxylic acids is 1. The molecule has 1 amide bonds. The predicted octanol–water partition coefficient (Wildman–Crippen LogP) is 1.55. The van der Waals surface area contributed by atoms with Crippen molar-refractivity contribution in [3.05, 3.63) is 40.4 Å². The lowest BCUT2D eigenvalue weighted by Crippen LogP contribution is -2.27. The number of carbonyl (C=O) groups excluding carboxylic acids is 1. The highest BCUT2D eigenvalue weighted by molar-refractivity contribution is 7.84. The second-order valence-corrected chi connectivity index (χ2v) is 5.90. The monoisotopic (exact) mass is 315 g/mol. The van der Waals surface area contributed by atoms with Gasteiger partial charge in [-0.15, -0.1) is 0 Å². The molecule has 1 atom stereocenters. The molecule has 1 aromatic rings. The quantitative estimate of drug-likeness (QED) is 0.780. The van der Waals surface area contributed by atoms with Crippen molar-refractivity contribution in [2.24, 2.45) is 0 Å². The van der Waals surface area contributed by atoms with E-state index < -0.39 is 16.8 Å². The predicted molar refractivity (Wildman–Crippen MR) is 79.4 cm³/mol. The maximum absolute atomic E-state index is 11.8. The van der Waals surface area contributed by atoms with Crippen LogP contribution in [0.15, 0.2) is 24.3 Å². The summed E-state index contributed by atoms with van der Waals surface area (Å²) < 4.78 is 10.9. The molecular formula is C13H14ClNO4S. The number of carboxylic acid groups (broad SMARTS) is 1. The van der Waals surface area contributed by atoms with E-state index in [-0.39, 0.29) is 10.9 Å². The van der Waals surface area contributed by atoms with Gasteiger partial charge in [-0.1, -0.05) is 17.7 Å². The average Bonchev–Trinajstić information content (AvgIpc) is 2.36. The number of carboxylic acids is 1. The van der Waals surface area contributed by atoms with Gasteiger partial charge < -0.3 is 10.4 Å². The lowest BCUT2D eigenvalue weighted by Gasteiger charge is -2.06. The number of halogens is 1. The Kier molecular flexibility index (Phi) is 6.41. The fourth-order valence-electron chi connectivity index (χ4n) is 1.37. The van der Waals surface area contributed by atoms with Crippen LogP contribution < -0.4 is 5.32 Å². The van der Waals surface area contributed by atoms with E-state index in [0.717, 1.165) is 6.08 Å². The van der Waals surface area contributed by atoms with E-state index >= 15 is 0 Å². The van der Waals surface area contributed by atoms with E-state index in [2.05, 4.69) is 5.32 Å². The number of hydrogen-bond acceptors (Lipinski definition) is 3. The molecule has 0 aromatic heterocycles. The lowest BCUT2D eigenvalue weighted by atomic mass is 10.1. The third kappa shape index (κ3) is 5.54. The summed E-state index contributed by atoms with van der Waals surface area (Å²) in [7, 11) is -0.959. The van der Waals surface area contributed by atoms with Gasteiger partial charge in [0.15, 0.2) is 0 Å². The van der Waals surface area contributed by atoms with Crippen LogP contribution in [0.4, 0.5) is 0 Å². The van der Waals surface area contributed by atoms with Gasteiger partial charge in [-0.3, -0.25) is 9.00 Å². The minimum Gasteiger partial charge on any atom is -0.478 e. The van der Waals surface area contributed by atoms with Crippen LogP contribution in [0.3, 0.4) is 0 Å². The fourth-order valence-corrected chi connectivity index (χ4v) is 2.01. The van der Waals surface area contributed by atoms with E-state index in [9.17, 15) is 13.8 Å². The third-order valence-electron chi connectivity index (χ3n) is 2.34. The molecule has 0 heterocycles. The van der Waals surface area contributed by atoms with Crippen molar-refractivity contribution >= 4 is 40.4 Å². The van der Waals surface area contributed by atoms with Gasteiger partial charge in [0.1, 0.15) is 0 Å². The molecule has 0 radical (unpaired) electrons. The molecule has 0 saturated heterocycles. The molecule has 1 unspecified atom stereocenters. The zero-order chi connectivity index (χ0) is 15.1. The minimum atomic E-state index is -1.07. The van der Waals surface area contributed by atoms with Gasteiger partial charge in [0.05, 0.1) is 0 Å². The number of nitrogens with one attached hydrogen (secondary N) is 1. The molecule has 1 rings (SSSR count). The molecule has 0 aliphatic rings. The molecule has 20 heavy (non-hydrogen) atoms. The van der Waals surface area contributed by atoms with Crippen LogP contribution in [0.5, 0.6) is 0 Å². The maximum atomic E-state index is 11.8. The number of hydrogen-bond donors (Lipinski definition) is 2. The zero-order valence-corrected chi connectivity index (χ0v) is 12.3. The van der Waals surface area contributed by atoms with Gasteiger partial charge >= 0.3 is 5.97 Å². The number of amides is 1. The smallest absolute Gasteiger partial charge is 0.328 e. The summed E-state index contributed by atoms with van der Waals surface area (Å²) in [5, 5.41) is 11.4. The Morgan fingerprint density at radius 1 is 1.45 bits per heavy atom. The van der Waals surface area contributed by atoms with Crippen molar-refractivity contribution in [2.45, 2.75) is 0 Å². The highest BCUT2D eigenvalue weighted by Gasteiger charge is 2.07. The molecule has 108 valence electrons. The summed E-state index contributed by atoms with van der Waals surface area (Å²) in [6.07, 6.45) is 3.89. The van der Waals surface area contributed by atoms with Crippen molar-refractivity contribution in [2.75, 3.05) is 18.6 Å². The van der Waals surface area contributed by atoms with Crippen LogP contribution in [0.2, 0.25) is 5.02 Å². The van der Waals surface area contributed by atoms with Crippen LogP contribution >= 0.6 is 11.6 Å². The van der Waals surface area contributed by atoms with Crippen LogP contribution in [-0.2, 0) is 15.6 Å². The lowest BCUT2D eigenvalue weighted by molar-refractivity contribution is -0.131. The van der Waals surface area contributed by atoms with Gasteiger partial charge in [-0.2, -0.15) is 0 Å². The second kappa shape index (κ2) is 7.81. The van der Waals surface area contributed by atoms with E-state index in [1.807, 2.05) is 0 Å². The van der Waals surface area contributed by atoms with Gasteiger partial charge in [0.2, 0.25) is 0 Å². The van der Waals surface area contributed by atoms with E-state index in [0.29, 0.717) is 23.4 Å². The normalized spacial score (nSPS) is 12.3. The van der Waals surface area contributed by atoms with Crippen molar-refractivity contribution in [3.8, 4) is 0 Å². The number of benzene rings is 1. The van der Waals surface area contributed by atoms with Gasteiger partial charge in [-0.25, -0.2) is 4.79 Å². The van der Waals surface area contributed by atoms with E-state index in [1.54, 1.807) is 18.4 Å². The Labute approximate surface area is 124 Å². The summed E-state index contributed by atoms with van der Waals surface area (Å²) in [6, 6.07) is 4.57. The van der Waals surface area contributed by atoms with Crippen LogP contribution in [0, 0.1) is 0 Å². The first-order valence-corrected chi connectivity index (χ1v) is 7.79. The molecule has 5 nitrogen and oxygen atoms in total. The van der Waals surface area contributed by atoms with Crippen molar-refractivity contribution in [1.82, 2.24) is 5.32 Å². The molecule has 1 aromatic carbocycles. The second-order valence-electron chi connectivity index (χ2n) is 3.94. The molecule has 0 fully saturated rings. The SMILES string of the molecule is CS(=O)CCNC(=O)c1ccc(/C=C/C(=O)O)c(Cl)c1. The number of carbonyl (C=O) groups is 2. The largest absolute Gasteiger partial charge is 0.478 e. The fraction of sp³-hybridized carbons (Fsp3) is 0.231. The molecule has 2 N–H and O–H groups in total. The highest BCUT2D eigenvalue weighted by atomic mass is 35.5. The van der Waals surface area contributed by atoms with Crippen LogP contribution in [-0.4, -0.2) is 39.7 Å². The summed E-state index contributed by atoms with van der Waals surface area (Å²) >= 11 is 5.97. The first-order chi connectivity index (χ1) is 9.40. The van der Waals surface area contributed by atoms with Crippen molar-refractivity contribution in [1.29, 1.82) is 0 Å². The first-order valence-electron chi connectivity index (χ1n) is 5.69. The first kappa shape index (κ1) is 16.4. The molecule has 7 heteroatoms. The summed E-state index contributed by atoms with van der Waals surface area (Å²) in [4.78, 5) is 22.2. The zero-order valence-electron chi connectivity index (χ0n) is 10.8. The maximum Gasteiger partial charge on any atom is 0.328 e. The Morgan fingerprint density at radius 3 is 2.70 bits per heavy atom. The summed E-state index contributed by atoms with van der Waals surface area (Å²) in [5.41, 5.74) is 0.879. The van der Waals surface area contributed by atoms with E-state index in [1.165, 1.54) is 12.1 Å². The molecular weight excluding hydrogens is 302 g/mol. The summed E-state index contributed by atoms with van der Waals surface area (Å²) in [6.45, 7) is 0.320. The van der Waals surface area contributed by atoms with Gasteiger partial charge in [0.25, 0.3) is 5.91 Å². The van der Waals surface area contributed by atoms with Crippen LogP contribution in [0.1, 0.15) is 15.9 Å². The Balaban J connectivity index is 2.73. The average molecular weight is 316 g/mol. The standard InChI is InChI=1S/C13H14ClNO4S/c1-20(19)7-6-15-13(18)10-3-2-9(11(14)8-10)4-5-12(16)17/h2-5,8H,6-7H2,1H3,(H,15,18)(H,16,17)/b5-4+. The minimum absolute atomic E-state index is 0.286. The van der Waals surface area contributed by atoms with Crippen molar-refractivity contribution in [3.63, 3.8) is 0 Å². The Morgan fingerprint density at radius 2 is 2.15 bits per heavy atom.